The Morgan fingerprint density at radius 1 is 0.634 bits per heavy atom. The van der Waals surface area contributed by atoms with E-state index in [2.05, 4.69) is 79.9 Å². The summed E-state index contributed by atoms with van der Waals surface area (Å²) in [6.45, 7) is 6.69. The molecule has 9 nitrogen and oxygen atoms in total. The van der Waals surface area contributed by atoms with Crippen LogP contribution in [-0.4, -0.2) is 59.9 Å². The number of aryl methyl sites for hydroxylation is 4. The van der Waals surface area contributed by atoms with Gasteiger partial charge in [-0.25, -0.2) is 9.97 Å². The third-order valence-electron chi connectivity index (χ3n) is 10.1. The quantitative estimate of drug-likeness (QED) is 0.395. The number of fused-ring (bicyclic) bond motifs is 4. The molecule has 0 aliphatic carbocycles. The fourth-order valence-electron chi connectivity index (χ4n) is 7.96. The molecule has 2 unspecified atom stereocenters. The van der Waals surface area contributed by atoms with Gasteiger partial charge in [0.25, 0.3) is 0 Å². The van der Waals surface area contributed by atoms with Crippen molar-refractivity contribution in [3.63, 3.8) is 0 Å². The second kappa shape index (κ2) is 12.0. The molecule has 4 aromatic rings. The zero-order valence-corrected chi connectivity index (χ0v) is 24.6. The van der Waals surface area contributed by atoms with Crippen molar-refractivity contribution in [2.24, 2.45) is 25.9 Å². The van der Waals surface area contributed by atoms with E-state index >= 15 is 0 Å². The highest BCUT2D eigenvalue weighted by molar-refractivity contribution is 5.35. The van der Waals surface area contributed by atoms with Crippen LogP contribution < -0.4 is 10.6 Å². The predicted molar refractivity (Wildman–Crippen MR) is 161 cm³/mol. The molecule has 2 fully saturated rings. The Kier molecular flexibility index (Phi) is 8.19. The number of nitrogens with zero attached hydrogens (tertiary/aromatic N) is 6. The molecule has 4 aliphatic rings. The van der Waals surface area contributed by atoms with Gasteiger partial charge in [0, 0.05) is 100 Å². The average Bonchev–Trinajstić information content (AvgIpc) is 3.76. The molecule has 4 aliphatic heterocycles. The second-order valence-corrected chi connectivity index (χ2v) is 12.2. The summed E-state index contributed by atoms with van der Waals surface area (Å²) in [5.41, 5.74) is 6.03. The van der Waals surface area contributed by atoms with Crippen LogP contribution in [-0.2, 0) is 40.0 Å². The van der Waals surface area contributed by atoms with E-state index in [1.165, 1.54) is 59.8 Å². The molecule has 220 valence electrons. The number of hydrogen-bond acceptors (Lipinski definition) is 4. The van der Waals surface area contributed by atoms with E-state index in [-0.39, 0.29) is 5.48 Å². The summed E-state index contributed by atoms with van der Waals surface area (Å²) in [6, 6.07) is 4.65. The van der Waals surface area contributed by atoms with Gasteiger partial charge in [0.05, 0.1) is 0 Å². The third-order valence-corrected chi connectivity index (χ3v) is 10.1. The van der Waals surface area contributed by atoms with Gasteiger partial charge in [-0.15, -0.1) is 0 Å². The topological polar surface area (TPSA) is 101 Å². The number of imidazole rings is 2. The molecule has 0 amide bonds. The predicted octanol–water partition coefficient (Wildman–Crippen LogP) is 2.99. The van der Waals surface area contributed by atoms with E-state index in [0.717, 1.165) is 63.9 Å². The molecule has 0 saturated carbocycles. The van der Waals surface area contributed by atoms with Crippen LogP contribution in [0.1, 0.15) is 71.7 Å². The van der Waals surface area contributed by atoms with Gasteiger partial charge < -0.3 is 34.4 Å². The minimum absolute atomic E-state index is 0. The Morgan fingerprint density at radius 3 is 1.46 bits per heavy atom. The summed E-state index contributed by atoms with van der Waals surface area (Å²) in [5, 5.41) is 6.97. The van der Waals surface area contributed by atoms with Gasteiger partial charge in [0.15, 0.2) is 0 Å². The molecule has 4 N–H and O–H groups in total. The monoisotopic (exact) mass is 558 g/mol. The average molecular weight is 559 g/mol. The fourth-order valence-corrected chi connectivity index (χ4v) is 7.96. The molecule has 0 radical (unpaired) electrons. The Bertz CT molecular complexity index is 1320. The minimum Gasteiger partial charge on any atom is -0.412 e. The van der Waals surface area contributed by atoms with E-state index in [0.29, 0.717) is 11.8 Å². The maximum atomic E-state index is 4.71. The van der Waals surface area contributed by atoms with Gasteiger partial charge in [-0.1, -0.05) is 0 Å². The van der Waals surface area contributed by atoms with Crippen molar-refractivity contribution in [2.45, 2.75) is 63.5 Å². The van der Waals surface area contributed by atoms with Crippen LogP contribution in [0.2, 0.25) is 0 Å². The standard InChI is InChI=1S/2C16H22N4.H2O/c2*1-19-9-4-13-14(19)5-10-20-11-8-18-16(20)15(13)12-2-6-17-7-3-12;/h2*4,8-9,11-12,15,17H,2-3,5-7,10H2,1H3;1H2. The first-order chi connectivity index (χ1) is 19.7. The second-order valence-electron chi connectivity index (χ2n) is 12.2. The first-order valence-corrected chi connectivity index (χ1v) is 15.4. The van der Waals surface area contributed by atoms with Crippen molar-refractivity contribution in [1.82, 2.24) is 38.9 Å². The lowest BCUT2D eigenvalue weighted by atomic mass is 9.80. The van der Waals surface area contributed by atoms with Crippen LogP contribution >= 0.6 is 0 Å². The molecular formula is C32H46N8O. The normalized spacial score (nSPS) is 22.6. The number of nitrogens with one attached hydrogen (secondary N) is 2. The van der Waals surface area contributed by atoms with E-state index in [1.54, 1.807) is 0 Å². The largest absolute Gasteiger partial charge is 0.412 e. The molecule has 41 heavy (non-hydrogen) atoms. The van der Waals surface area contributed by atoms with Crippen molar-refractivity contribution in [3.8, 4) is 0 Å². The van der Waals surface area contributed by atoms with Crippen LogP contribution in [0.25, 0.3) is 0 Å². The molecule has 2 saturated heterocycles. The van der Waals surface area contributed by atoms with Crippen molar-refractivity contribution in [3.05, 3.63) is 83.5 Å². The molecule has 0 spiro atoms. The molecule has 2 atom stereocenters. The molecule has 4 aromatic heterocycles. The lowest BCUT2D eigenvalue weighted by molar-refractivity contribution is 0.332. The Labute approximate surface area is 243 Å². The first kappa shape index (κ1) is 28.0. The SMILES string of the molecule is Cn1ccc2c1CCn1ccnc1C2C1CCNCC1.Cn1ccc2c1CCn1ccnc1C2C1CCNCC1.O. The van der Waals surface area contributed by atoms with Crippen LogP contribution in [0.3, 0.4) is 0 Å². The molecule has 9 heteroatoms. The minimum atomic E-state index is 0. The van der Waals surface area contributed by atoms with Crippen LogP contribution in [0, 0.1) is 11.8 Å². The molecule has 0 bridgehead atoms. The Morgan fingerprint density at radius 2 is 1.05 bits per heavy atom. The lowest BCUT2D eigenvalue weighted by Crippen LogP contribution is -2.32. The zero-order valence-electron chi connectivity index (χ0n) is 24.6. The van der Waals surface area contributed by atoms with Crippen molar-refractivity contribution >= 4 is 0 Å². The van der Waals surface area contributed by atoms with Gasteiger partial charge in [-0.2, -0.15) is 0 Å². The zero-order chi connectivity index (χ0) is 27.1. The van der Waals surface area contributed by atoms with Gasteiger partial charge in [0.2, 0.25) is 0 Å². The van der Waals surface area contributed by atoms with Crippen molar-refractivity contribution in [2.75, 3.05) is 26.2 Å². The summed E-state index contributed by atoms with van der Waals surface area (Å²) < 4.78 is 9.34. The summed E-state index contributed by atoms with van der Waals surface area (Å²) in [5.74, 6) is 4.95. The molecule has 8 rings (SSSR count). The van der Waals surface area contributed by atoms with Crippen molar-refractivity contribution < 1.29 is 5.48 Å². The highest BCUT2D eigenvalue weighted by Crippen LogP contribution is 2.41. The Hall–Kier alpha value is -3.14. The smallest absolute Gasteiger partial charge is 0.116 e. The van der Waals surface area contributed by atoms with Crippen LogP contribution in [0.5, 0.6) is 0 Å². The van der Waals surface area contributed by atoms with E-state index in [4.69, 9.17) is 9.97 Å². The van der Waals surface area contributed by atoms with Crippen LogP contribution in [0.15, 0.2) is 49.3 Å². The highest BCUT2D eigenvalue weighted by atomic mass is 16.0. The summed E-state index contributed by atoms with van der Waals surface area (Å²) in [4.78, 5) is 9.43. The van der Waals surface area contributed by atoms with E-state index < -0.39 is 0 Å². The van der Waals surface area contributed by atoms with Gasteiger partial charge >= 0.3 is 0 Å². The van der Waals surface area contributed by atoms with Gasteiger partial charge in [0.1, 0.15) is 11.6 Å². The first-order valence-electron chi connectivity index (χ1n) is 15.4. The highest BCUT2D eigenvalue weighted by Gasteiger charge is 2.35. The molecule has 0 aromatic carbocycles. The summed E-state index contributed by atoms with van der Waals surface area (Å²) in [6.07, 6.45) is 19.9. The Balaban J connectivity index is 0.000000144. The maximum absolute atomic E-state index is 4.71. The molecule has 8 heterocycles. The summed E-state index contributed by atoms with van der Waals surface area (Å²) in [7, 11) is 4.35. The fraction of sp³-hybridized carbons (Fsp3) is 0.562. The van der Waals surface area contributed by atoms with Gasteiger partial charge in [-0.3, -0.25) is 0 Å². The third kappa shape index (κ3) is 5.19. The van der Waals surface area contributed by atoms with Crippen molar-refractivity contribution in [1.29, 1.82) is 0 Å². The van der Waals surface area contributed by atoms with Crippen LogP contribution in [0.4, 0.5) is 0 Å². The maximum Gasteiger partial charge on any atom is 0.116 e. The molecular weight excluding hydrogens is 512 g/mol. The number of aromatic nitrogens is 6. The number of rotatable bonds is 2. The number of hydrogen-bond donors (Lipinski definition) is 2. The van der Waals surface area contributed by atoms with E-state index in [9.17, 15) is 0 Å². The summed E-state index contributed by atoms with van der Waals surface area (Å²) >= 11 is 0. The van der Waals surface area contributed by atoms with Gasteiger partial charge in [-0.05, 0) is 87.0 Å². The number of piperidine rings is 2. The lowest BCUT2D eigenvalue weighted by Gasteiger charge is -2.30. The van der Waals surface area contributed by atoms with E-state index in [1.807, 2.05) is 12.4 Å².